The van der Waals surface area contributed by atoms with Gasteiger partial charge < -0.3 is 0 Å². The Balaban J connectivity index is 1.93. The minimum Gasteiger partial charge on any atom is -0.267 e. The summed E-state index contributed by atoms with van der Waals surface area (Å²) in [6, 6.07) is 15.5. The fourth-order valence-electron chi connectivity index (χ4n) is 2.94. The first-order valence-electron chi connectivity index (χ1n) is 7.86. The van der Waals surface area contributed by atoms with Gasteiger partial charge >= 0.3 is 5.69 Å². The van der Waals surface area contributed by atoms with Gasteiger partial charge in [0.2, 0.25) is 0 Å². The molecule has 0 saturated carbocycles. The highest BCUT2D eigenvalue weighted by Crippen LogP contribution is 2.26. The number of hydrogen-bond donors (Lipinski definition) is 0. The van der Waals surface area contributed by atoms with Crippen LogP contribution < -0.4 is 5.69 Å². The van der Waals surface area contributed by atoms with Gasteiger partial charge in [0, 0.05) is 15.1 Å². The monoisotopic (exact) mass is 456 g/mol. The summed E-state index contributed by atoms with van der Waals surface area (Å²) in [5.74, 6) is 0. The topological polar surface area (TPSA) is 26.9 Å². The van der Waals surface area contributed by atoms with E-state index in [4.69, 9.17) is 0 Å². The molecule has 25 heavy (non-hydrogen) atoms. The molecular weight excluding hydrogens is 444 g/mol. The number of hydrogen-bond acceptors (Lipinski definition) is 1. The zero-order valence-electron chi connectivity index (χ0n) is 13.2. The molecule has 0 N–H and O–H groups in total. The van der Waals surface area contributed by atoms with Crippen LogP contribution in [0, 0.1) is 0 Å². The van der Waals surface area contributed by atoms with Crippen LogP contribution in [0.4, 0.5) is 0 Å². The van der Waals surface area contributed by atoms with Gasteiger partial charge in [0.15, 0.2) is 0 Å². The summed E-state index contributed by atoms with van der Waals surface area (Å²) in [5, 5.41) is 0. The SMILES string of the molecule is O=c1n(-c2ccc(Br)cc2)cc(C2=CC=CC2)n1-c1ccc(Br)cc1. The van der Waals surface area contributed by atoms with Crippen LogP contribution in [0.1, 0.15) is 12.1 Å². The van der Waals surface area contributed by atoms with E-state index in [1.165, 1.54) is 0 Å². The van der Waals surface area contributed by atoms with E-state index in [9.17, 15) is 4.79 Å². The summed E-state index contributed by atoms with van der Waals surface area (Å²) in [4.78, 5) is 13.2. The summed E-state index contributed by atoms with van der Waals surface area (Å²) in [6.07, 6.45) is 8.95. The summed E-state index contributed by atoms with van der Waals surface area (Å²) < 4.78 is 5.44. The quantitative estimate of drug-likeness (QED) is 0.510. The molecule has 0 unspecified atom stereocenters. The molecule has 3 nitrogen and oxygen atoms in total. The molecule has 2 aromatic carbocycles. The fraction of sp³-hybridized carbons (Fsp3) is 0.0500. The van der Waals surface area contributed by atoms with Gasteiger partial charge in [0.25, 0.3) is 0 Å². The standard InChI is InChI=1S/C20H14Br2N2O/c21-15-5-9-17(10-6-15)23-13-19(14-3-1-2-4-14)24(20(23)25)18-11-7-16(22)8-12-18/h1-3,5-13H,4H2. The van der Waals surface area contributed by atoms with Crippen LogP contribution in [0.15, 0.2) is 86.7 Å². The van der Waals surface area contributed by atoms with Crippen molar-refractivity contribution in [3.05, 3.63) is 98.1 Å². The van der Waals surface area contributed by atoms with Crippen LogP contribution in [0.3, 0.4) is 0 Å². The molecule has 0 spiro atoms. The van der Waals surface area contributed by atoms with E-state index < -0.39 is 0 Å². The molecule has 0 fully saturated rings. The third-order valence-corrected chi connectivity index (χ3v) is 5.24. The summed E-state index contributed by atoms with van der Waals surface area (Å²) in [6.45, 7) is 0. The second-order valence-corrected chi connectivity index (χ2v) is 7.61. The Hall–Kier alpha value is -2.11. The summed E-state index contributed by atoms with van der Waals surface area (Å²) in [7, 11) is 0. The van der Waals surface area contributed by atoms with Gasteiger partial charge in [-0.05, 0) is 60.5 Å². The minimum absolute atomic E-state index is 0.0764. The van der Waals surface area contributed by atoms with Crippen molar-refractivity contribution in [2.24, 2.45) is 0 Å². The molecule has 1 aliphatic rings. The lowest BCUT2D eigenvalue weighted by Crippen LogP contribution is -2.22. The van der Waals surface area contributed by atoms with Crippen molar-refractivity contribution < 1.29 is 0 Å². The molecule has 0 saturated heterocycles. The first kappa shape index (κ1) is 16.4. The Labute approximate surface area is 162 Å². The number of aromatic nitrogens is 2. The Bertz CT molecular complexity index is 1040. The normalized spacial score (nSPS) is 13.3. The van der Waals surface area contributed by atoms with Crippen molar-refractivity contribution in [1.82, 2.24) is 9.13 Å². The maximum Gasteiger partial charge on any atom is 0.337 e. The van der Waals surface area contributed by atoms with Gasteiger partial charge in [-0.15, -0.1) is 0 Å². The van der Waals surface area contributed by atoms with Crippen molar-refractivity contribution in [2.45, 2.75) is 6.42 Å². The third kappa shape index (κ3) is 3.10. The van der Waals surface area contributed by atoms with Gasteiger partial charge in [-0.25, -0.2) is 4.79 Å². The highest BCUT2D eigenvalue weighted by atomic mass is 79.9. The molecule has 0 aliphatic heterocycles. The second-order valence-electron chi connectivity index (χ2n) is 5.78. The van der Waals surface area contributed by atoms with E-state index in [0.29, 0.717) is 0 Å². The first-order chi connectivity index (χ1) is 12.1. The maximum atomic E-state index is 13.2. The van der Waals surface area contributed by atoms with Crippen molar-refractivity contribution in [1.29, 1.82) is 0 Å². The Kier molecular flexibility index (Phi) is 4.36. The molecule has 4 rings (SSSR count). The van der Waals surface area contributed by atoms with E-state index in [0.717, 1.165) is 38.0 Å². The smallest absolute Gasteiger partial charge is 0.267 e. The van der Waals surface area contributed by atoms with Crippen LogP contribution in [0.25, 0.3) is 16.9 Å². The molecule has 124 valence electrons. The molecule has 0 atom stereocenters. The predicted molar refractivity (Wildman–Crippen MR) is 108 cm³/mol. The van der Waals surface area contributed by atoms with E-state index in [1.807, 2.05) is 60.8 Å². The van der Waals surface area contributed by atoms with Gasteiger partial charge in [-0.1, -0.05) is 50.1 Å². The molecule has 1 heterocycles. The maximum absolute atomic E-state index is 13.2. The van der Waals surface area contributed by atoms with E-state index >= 15 is 0 Å². The number of imidazole rings is 1. The highest BCUT2D eigenvalue weighted by Gasteiger charge is 2.17. The number of allylic oxidation sites excluding steroid dienone is 4. The Morgan fingerprint density at radius 1 is 0.840 bits per heavy atom. The molecule has 0 radical (unpaired) electrons. The Morgan fingerprint density at radius 2 is 1.44 bits per heavy atom. The molecule has 0 amide bonds. The Morgan fingerprint density at radius 3 is 2.00 bits per heavy atom. The van der Waals surface area contributed by atoms with Crippen LogP contribution in [0.5, 0.6) is 0 Å². The van der Waals surface area contributed by atoms with Crippen molar-refractivity contribution in [2.75, 3.05) is 0 Å². The zero-order chi connectivity index (χ0) is 17.4. The van der Waals surface area contributed by atoms with Crippen molar-refractivity contribution >= 4 is 37.4 Å². The average Bonchev–Trinajstić information content (AvgIpc) is 3.25. The van der Waals surface area contributed by atoms with Crippen LogP contribution in [-0.2, 0) is 0 Å². The van der Waals surface area contributed by atoms with Gasteiger partial charge in [0.1, 0.15) is 0 Å². The average molecular weight is 458 g/mol. The second kappa shape index (κ2) is 6.65. The van der Waals surface area contributed by atoms with Crippen LogP contribution >= 0.6 is 31.9 Å². The molecule has 1 aliphatic carbocycles. The third-order valence-electron chi connectivity index (χ3n) is 4.18. The lowest BCUT2D eigenvalue weighted by molar-refractivity contribution is 0.902. The van der Waals surface area contributed by atoms with Gasteiger partial charge in [0.05, 0.1) is 17.1 Å². The number of benzene rings is 2. The van der Waals surface area contributed by atoms with Crippen LogP contribution in [-0.4, -0.2) is 9.13 Å². The minimum atomic E-state index is -0.0764. The van der Waals surface area contributed by atoms with Gasteiger partial charge in [-0.2, -0.15) is 0 Å². The van der Waals surface area contributed by atoms with Crippen LogP contribution in [0.2, 0.25) is 0 Å². The van der Waals surface area contributed by atoms with Crippen molar-refractivity contribution in [3.8, 4) is 11.4 Å². The number of nitrogens with zero attached hydrogens (tertiary/aromatic N) is 2. The largest absolute Gasteiger partial charge is 0.337 e. The molecular formula is C20H14Br2N2O. The van der Waals surface area contributed by atoms with Crippen molar-refractivity contribution in [3.63, 3.8) is 0 Å². The molecule has 0 bridgehead atoms. The van der Waals surface area contributed by atoms with E-state index in [1.54, 1.807) is 9.13 Å². The lowest BCUT2D eigenvalue weighted by Gasteiger charge is -2.08. The lowest BCUT2D eigenvalue weighted by atomic mass is 10.1. The van der Waals surface area contributed by atoms with E-state index in [-0.39, 0.29) is 5.69 Å². The highest BCUT2D eigenvalue weighted by molar-refractivity contribution is 9.10. The molecule has 5 heteroatoms. The molecule has 1 aromatic heterocycles. The molecule has 3 aromatic rings. The van der Waals surface area contributed by atoms with Gasteiger partial charge in [-0.3, -0.25) is 9.13 Å². The summed E-state index contributed by atoms with van der Waals surface area (Å²) in [5.41, 5.74) is 3.67. The van der Waals surface area contributed by atoms with E-state index in [2.05, 4.69) is 44.0 Å². The first-order valence-corrected chi connectivity index (χ1v) is 9.44. The number of rotatable bonds is 3. The number of halogens is 2. The zero-order valence-corrected chi connectivity index (χ0v) is 16.4. The summed E-state index contributed by atoms with van der Waals surface area (Å²) >= 11 is 6.89. The predicted octanol–water partition coefficient (Wildman–Crippen LogP) is 5.50. The fourth-order valence-corrected chi connectivity index (χ4v) is 3.46.